The molecule has 0 aliphatic heterocycles. The summed E-state index contributed by atoms with van der Waals surface area (Å²) < 4.78 is 39.6. The lowest BCUT2D eigenvalue weighted by Gasteiger charge is -2.09. The molecule has 0 radical (unpaired) electrons. The molecule has 0 aromatic carbocycles. The van der Waals surface area contributed by atoms with Crippen LogP contribution in [0.3, 0.4) is 0 Å². The summed E-state index contributed by atoms with van der Waals surface area (Å²) in [7, 11) is 0. The van der Waals surface area contributed by atoms with Crippen molar-refractivity contribution in [2.45, 2.75) is 25.1 Å². The molecule has 2 nitrogen and oxygen atoms in total. The maximum Gasteiger partial charge on any atom is 0.389 e. The van der Waals surface area contributed by atoms with Crippen molar-refractivity contribution < 1.29 is 23.0 Å². The highest BCUT2D eigenvalue weighted by molar-refractivity contribution is 9.09. The van der Waals surface area contributed by atoms with Crippen molar-refractivity contribution in [1.29, 1.82) is 0 Å². The summed E-state index contributed by atoms with van der Waals surface area (Å²) in [6.07, 6.45) is -5.65. The van der Waals surface area contributed by atoms with Crippen LogP contribution in [-0.2, 0) is 4.74 Å². The molecule has 0 bridgehead atoms. The largest absolute Gasteiger partial charge is 0.390 e. The molecule has 0 aliphatic rings. The molecular weight excluding hydrogens is 253 g/mol. The third-order valence-electron chi connectivity index (χ3n) is 1.24. The van der Waals surface area contributed by atoms with E-state index in [1.54, 1.807) is 0 Å². The van der Waals surface area contributed by atoms with Crippen molar-refractivity contribution >= 4 is 15.9 Å². The van der Waals surface area contributed by atoms with E-state index in [2.05, 4.69) is 15.9 Å². The van der Waals surface area contributed by atoms with Gasteiger partial charge in [-0.2, -0.15) is 13.2 Å². The fraction of sp³-hybridized carbons (Fsp3) is 1.00. The second-order valence-corrected chi connectivity index (χ2v) is 3.25. The quantitative estimate of drug-likeness (QED) is 0.588. The van der Waals surface area contributed by atoms with Crippen LogP contribution in [0.1, 0.15) is 12.8 Å². The molecule has 0 amide bonds. The van der Waals surface area contributed by atoms with E-state index < -0.39 is 18.7 Å². The summed E-state index contributed by atoms with van der Waals surface area (Å²) in [5.74, 6) is 0. The molecule has 0 aliphatic carbocycles. The molecule has 80 valence electrons. The Labute approximate surface area is 83.2 Å². The predicted octanol–water partition coefficient (Wildman–Crippen LogP) is 2.10. The maximum atomic E-state index is 11.6. The molecule has 0 saturated carbocycles. The van der Waals surface area contributed by atoms with Gasteiger partial charge < -0.3 is 9.84 Å². The van der Waals surface area contributed by atoms with Crippen LogP contribution in [0.2, 0.25) is 0 Å². The number of ether oxygens (including phenoxy) is 1. The number of hydrogen-bond donors (Lipinski definition) is 1. The molecular formula is C7H12BrF3O2. The van der Waals surface area contributed by atoms with Gasteiger partial charge in [0.1, 0.15) is 0 Å². The minimum Gasteiger partial charge on any atom is -0.390 e. The number of rotatable bonds is 6. The topological polar surface area (TPSA) is 29.5 Å². The Morgan fingerprint density at radius 1 is 1.38 bits per heavy atom. The van der Waals surface area contributed by atoms with Gasteiger partial charge in [-0.15, -0.1) is 0 Å². The second-order valence-electron chi connectivity index (χ2n) is 2.60. The summed E-state index contributed by atoms with van der Waals surface area (Å²) in [6.45, 7) is 0.104. The highest BCUT2D eigenvalue weighted by Crippen LogP contribution is 2.20. The second kappa shape index (κ2) is 6.62. The first-order valence-corrected chi connectivity index (χ1v) is 4.96. The molecule has 1 N–H and O–H groups in total. The van der Waals surface area contributed by atoms with Crippen LogP contribution < -0.4 is 0 Å². The maximum absolute atomic E-state index is 11.6. The van der Waals surface area contributed by atoms with Gasteiger partial charge in [0.15, 0.2) is 0 Å². The summed E-state index contributed by atoms with van der Waals surface area (Å²) in [6, 6.07) is 0. The first-order chi connectivity index (χ1) is 5.95. The summed E-state index contributed by atoms with van der Waals surface area (Å²) in [4.78, 5) is 0. The minimum atomic E-state index is -4.11. The van der Waals surface area contributed by atoms with Crippen LogP contribution in [0.15, 0.2) is 0 Å². The molecule has 0 fully saturated rings. The fourth-order valence-corrected chi connectivity index (χ4v) is 0.826. The van der Waals surface area contributed by atoms with Crippen molar-refractivity contribution in [3.63, 3.8) is 0 Å². The third kappa shape index (κ3) is 10.1. The molecule has 13 heavy (non-hydrogen) atoms. The van der Waals surface area contributed by atoms with Crippen LogP contribution in [0.25, 0.3) is 0 Å². The van der Waals surface area contributed by atoms with Gasteiger partial charge in [0, 0.05) is 18.4 Å². The van der Waals surface area contributed by atoms with Gasteiger partial charge >= 0.3 is 6.18 Å². The Bertz CT molecular complexity index is 129. The van der Waals surface area contributed by atoms with Gasteiger partial charge in [0.25, 0.3) is 0 Å². The number of aliphatic hydroxyl groups excluding tert-OH is 1. The number of aliphatic hydroxyl groups is 1. The van der Waals surface area contributed by atoms with Crippen molar-refractivity contribution in [3.05, 3.63) is 0 Å². The average molecular weight is 265 g/mol. The van der Waals surface area contributed by atoms with Gasteiger partial charge in [-0.1, -0.05) is 15.9 Å². The smallest absolute Gasteiger partial charge is 0.389 e. The van der Waals surface area contributed by atoms with Gasteiger partial charge in [-0.25, -0.2) is 0 Å². The van der Waals surface area contributed by atoms with Gasteiger partial charge in [0.2, 0.25) is 0 Å². The highest BCUT2D eigenvalue weighted by atomic mass is 79.9. The zero-order valence-electron chi connectivity index (χ0n) is 6.98. The summed E-state index contributed by atoms with van der Waals surface area (Å²) >= 11 is 3.01. The first kappa shape index (κ1) is 13.2. The molecule has 0 rings (SSSR count). The number of hydrogen-bond acceptors (Lipinski definition) is 2. The molecule has 0 aromatic rings. The minimum absolute atomic E-state index is 0.0313. The zero-order valence-corrected chi connectivity index (χ0v) is 8.57. The van der Waals surface area contributed by atoms with Crippen molar-refractivity contribution in [2.24, 2.45) is 0 Å². The lowest BCUT2D eigenvalue weighted by molar-refractivity contribution is -0.138. The van der Waals surface area contributed by atoms with Crippen LogP contribution in [0.4, 0.5) is 13.2 Å². The van der Waals surface area contributed by atoms with Crippen molar-refractivity contribution in [2.75, 3.05) is 18.5 Å². The number of halogens is 4. The highest BCUT2D eigenvalue weighted by Gasteiger charge is 2.25. The standard InChI is InChI=1S/C7H12BrF3O2/c8-4-6(12)5-13-3-1-2-7(9,10)11/h6,12H,1-5H2. The van der Waals surface area contributed by atoms with E-state index in [1.807, 2.05) is 0 Å². The Morgan fingerprint density at radius 2 is 2.00 bits per heavy atom. The monoisotopic (exact) mass is 264 g/mol. The Balaban J connectivity index is 3.18. The average Bonchev–Trinajstić information content (AvgIpc) is 2.01. The Hall–Kier alpha value is 0.190. The molecule has 0 heterocycles. The van der Waals surface area contributed by atoms with E-state index in [-0.39, 0.29) is 19.6 Å². The lowest BCUT2D eigenvalue weighted by Crippen LogP contribution is -2.17. The van der Waals surface area contributed by atoms with E-state index in [0.29, 0.717) is 5.33 Å². The molecule has 6 heteroatoms. The van der Waals surface area contributed by atoms with Crippen molar-refractivity contribution in [3.8, 4) is 0 Å². The van der Waals surface area contributed by atoms with Crippen LogP contribution >= 0.6 is 15.9 Å². The molecule has 1 unspecified atom stereocenters. The lowest BCUT2D eigenvalue weighted by atomic mass is 10.3. The van der Waals surface area contributed by atoms with Gasteiger partial charge in [-0.05, 0) is 6.42 Å². The van der Waals surface area contributed by atoms with Crippen LogP contribution in [0, 0.1) is 0 Å². The molecule has 1 atom stereocenters. The predicted molar refractivity (Wildman–Crippen MR) is 45.9 cm³/mol. The SMILES string of the molecule is OC(CBr)COCCCC(F)(F)F. The third-order valence-corrected chi connectivity index (χ3v) is 1.98. The Morgan fingerprint density at radius 3 is 2.46 bits per heavy atom. The summed E-state index contributed by atoms with van der Waals surface area (Å²) in [5.41, 5.74) is 0. The van der Waals surface area contributed by atoms with E-state index in [9.17, 15) is 13.2 Å². The fourth-order valence-electron chi connectivity index (χ4n) is 0.639. The number of alkyl halides is 4. The van der Waals surface area contributed by atoms with Gasteiger partial charge in [0.05, 0.1) is 12.7 Å². The molecule has 0 saturated heterocycles. The van der Waals surface area contributed by atoms with E-state index in [4.69, 9.17) is 9.84 Å². The van der Waals surface area contributed by atoms with Crippen LogP contribution in [0.5, 0.6) is 0 Å². The van der Waals surface area contributed by atoms with Crippen molar-refractivity contribution in [1.82, 2.24) is 0 Å². The van der Waals surface area contributed by atoms with E-state index in [1.165, 1.54) is 0 Å². The normalized spacial score (nSPS) is 14.5. The summed E-state index contributed by atoms with van der Waals surface area (Å²) in [5, 5.41) is 9.29. The van der Waals surface area contributed by atoms with Gasteiger partial charge in [-0.3, -0.25) is 0 Å². The molecule has 0 spiro atoms. The first-order valence-electron chi connectivity index (χ1n) is 3.84. The van der Waals surface area contributed by atoms with E-state index in [0.717, 1.165) is 0 Å². The zero-order chi connectivity index (χ0) is 10.3. The van der Waals surface area contributed by atoms with Crippen LogP contribution in [-0.4, -0.2) is 35.9 Å². The molecule has 0 aromatic heterocycles. The Kier molecular flexibility index (Phi) is 6.71. The van der Waals surface area contributed by atoms with E-state index >= 15 is 0 Å².